The number of amides is 1. The van der Waals surface area contributed by atoms with Gasteiger partial charge in [-0.1, -0.05) is 12.8 Å². The van der Waals surface area contributed by atoms with E-state index in [2.05, 4.69) is 25.5 Å². The van der Waals surface area contributed by atoms with Gasteiger partial charge >= 0.3 is 0 Å². The first-order valence-electron chi connectivity index (χ1n) is 7.91. The summed E-state index contributed by atoms with van der Waals surface area (Å²) in [4.78, 5) is 21.0. The molecule has 1 saturated heterocycles. The highest BCUT2D eigenvalue weighted by Gasteiger charge is 2.21. The van der Waals surface area contributed by atoms with Gasteiger partial charge in [0.25, 0.3) is 0 Å². The molecule has 0 spiro atoms. The predicted molar refractivity (Wildman–Crippen MR) is 84.2 cm³/mol. The Kier molecular flexibility index (Phi) is 5.22. The summed E-state index contributed by atoms with van der Waals surface area (Å²) in [6, 6.07) is 0.434. The highest BCUT2D eigenvalue weighted by atomic mass is 32.1. The van der Waals surface area contributed by atoms with Crippen molar-refractivity contribution >= 4 is 17.2 Å². The predicted octanol–water partition coefficient (Wildman–Crippen LogP) is 1.32. The van der Waals surface area contributed by atoms with E-state index in [1.54, 1.807) is 11.3 Å². The molecule has 21 heavy (non-hydrogen) atoms. The lowest BCUT2D eigenvalue weighted by Gasteiger charge is -2.34. The van der Waals surface area contributed by atoms with Crippen molar-refractivity contribution in [2.75, 3.05) is 32.7 Å². The van der Waals surface area contributed by atoms with Gasteiger partial charge in [-0.15, -0.1) is 11.3 Å². The summed E-state index contributed by atoms with van der Waals surface area (Å²) >= 11 is 1.65. The second-order valence-corrected chi connectivity index (χ2v) is 6.80. The maximum absolute atomic E-state index is 12.0. The highest BCUT2D eigenvalue weighted by molar-refractivity contribution is 7.07. The fraction of sp³-hybridized carbons (Fsp3) is 0.733. The fourth-order valence-corrected chi connectivity index (χ4v) is 3.75. The van der Waals surface area contributed by atoms with Gasteiger partial charge in [-0.25, -0.2) is 4.98 Å². The molecule has 0 unspecified atom stereocenters. The normalized spacial score (nSPS) is 21.7. The maximum Gasteiger partial charge on any atom is 0.234 e. The lowest BCUT2D eigenvalue weighted by atomic mass is 10.2. The summed E-state index contributed by atoms with van der Waals surface area (Å²) in [6.45, 7) is 5.49. The zero-order valence-corrected chi connectivity index (χ0v) is 13.3. The van der Waals surface area contributed by atoms with Gasteiger partial charge in [0, 0.05) is 44.1 Å². The smallest absolute Gasteiger partial charge is 0.234 e. The molecule has 2 heterocycles. The van der Waals surface area contributed by atoms with E-state index in [9.17, 15) is 4.79 Å². The SMILES string of the molecule is O=C(CN1CCN(Cc2cscn2)CC1)NC1CCCC1. The minimum Gasteiger partial charge on any atom is -0.352 e. The van der Waals surface area contributed by atoms with E-state index < -0.39 is 0 Å². The third-order valence-electron chi connectivity index (χ3n) is 4.42. The number of nitrogens with zero attached hydrogens (tertiary/aromatic N) is 3. The molecular weight excluding hydrogens is 284 g/mol. The van der Waals surface area contributed by atoms with Gasteiger partial charge in [-0.3, -0.25) is 14.6 Å². The number of thiazole rings is 1. The number of rotatable bonds is 5. The molecule has 116 valence electrons. The fourth-order valence-electron chi connectivity index (χ4n) is 3.20. The molecule has 0 bridgehead atoms. The second-order valence-electron chi connectivity index (χ2n) is 6.08. The molecule has 6 heteroatoms. The van der Waals surface area contributed by atoms with Crippen molar-refractivity contribution in [2.24, 2.45) is 0 Å². The largest absolute Gasteiger partial charge is 0.352 e. The van der Waals surface area contributed by atoms with Crippen LogP contribution < -0.4 is 5.32 Å². The van der Waals surface area contributed by atoms with Crippen LogP contribution >= 0.6 is 11.3 Å². The average Bonchev–Trinajstić information content (AvgIpc) is 3.14. The molecule has 1 amide bonds. The van der Waals surface area contributed by atoms with Crippen LogP contribution in [0.25, 0.3) is 0 Å². The quantitative estimate of drug-likeness (QED) is 0.891. The van der Waals surface area contributed by atoms with Gasteiger partial charge in [-0.05, 0) is 12.8 Å². The molecule has 1 saturated carbocycles. The maximum atomic E-state index is 12.0. The highest BCUT2D eigenvalue weighted by Crippen LogP contribution is 2.17. The third-order valence-corrected chi connectivity index (χ3v) is 5.06. The zero-order chi connectivity index (χ0) is 14.5. The first-order chi connectivity index (χ1) is 10.3. The first kappa shape index (κ1) is 14.9. The Bertz CT molecular complexity index is 437. The van der Waals surface area contributed by atoms with Gasteiger partial charge in [0.1, 0.15) is 0 Å². The second kappa shape index (κ2) is 7.33. The van der Waals surface area contributed by atoms with E-state index in [0.29, 0.717) is 12.6 Å². The molecule has 0 radical (unpaired) electrons. The van der Waals surface area contributed by atoms with Crippen LogP contribution in [0.2, 0.25) is 0 Å². The molecule has 1 aromatic rings. The number of hydrogen-bond acceptors (Lipinski definition) is 5. The molecular formula is C15H24N4OS. The Hall–Kier alpha value is -0.980. The summed E-state index contributed by atoms with van der Waals surface area (Å²) in [5.41, 5.74) is 3.05. The van der Waals surface area contributed by atoms with Crippen molar-refractivity contribution in [2.45, 2.75) is 38.3 Å². The van der Waals surface area contributed by atoms with Gasteiger partial charge in [0.15, 0.2) is 0 Å². The number of nitrogens with one attached hydrogen (secondary N) is 1. The van der Waals surface area contributed by atoms with E-state index in [1.165, 1.54) is 12.8 Å². The molecule has 1 aromatic heterocycles. The van der Waals surface area contributed by atoms with Crippen LogP contribution in [0.5, 0.6) is 0 Å². The molecule has 5 nitrogen and oxygen atoms in total. The van der Waals surface area contributed by atoms with Crippen LogP contribution in [0.1, 0.15) is 31.4 Å². The van der Waals surface area contributed by atoms with Crippen molar-refractivity contribution in [1.82, 2.24) is 20.1 Å². The van der Waals surface area contributed by atoms with Gasteiger partial charge in [0.2, 0.25) is 5.91 Å². The summed E-state index contributed by atoms with van der Waals surface area (Å²) in [5, 5.41) is 5.28. The lowest BCUT2D eigenvalue weighted by molar-refractivity contribution is -0.123. The van der Waals surface area contributed by atoms with Crippen LogP contribution in [0.15, 0.2) is 10.9 Å². The van der Waals surface area contributed by atoms with Crippen LogP contribution in [0, 0.1) is 0 Å². The summed E-state index contributed by atoms with van der Waals surface area (Å²) in [5.74, 6) is 0.204. The lowest BCUT2D eigenvalue weighted by Crippen LogP contribution is -2.50. The van der Waals surface area contributed by atoms with Crippen LogP contribution in [-0.4, -0.2) is 59.5 Å². The Morgan fingerprint density at radius 1 is 1.24 bits per heavy atom. The molecule has 1 aliphatic carbocycles. The van der Waals surface area contributed by atoms with Gasteiger partial charge < -0.3 is 5.32 Å². The first-order valence-corrected chi connectivity index (χ1v) is 8.85. The molecule has 2 fully saturated rings. The number of piperazine rings is 1. The third kappa shape index (κ3) is 4.49. The van der Waals surface area contributed by atoms with E-state index in [1.807, 2.05) is 5.51 Å². The number of hydrogen-bond donors (Lipinski definition) is 1. The van der Waals surface area contributed by atoms with Crippen molar-refractivity contribution < 1.29 is 4.79 Å². The number of carbonyl (C=O) groups is 1. The molecule has 0 atom stereocenters. The van der Waals surface area contributed by atoms with E-state index in [-0.39, 0.29) is 5.91 Å². The molecule has 0 aromatic carbocycles. The summed E-state index contributed by atoms with van der Waals surface area (Å²) in [7, 11) is 0. The minimum absolute atomic E-state index is 0.204. The van der Waals surface area contributed by atoms with E-state index in [4.69, 9.17) is 0 Å². The standard InChI is InChI=1S/C15H24N4OS/c20-15(17-13-3-1-2-4-13)10-19-7-5-18(6-8-19)9-14-11-21-12-16-14/h11-13H,1-10H2,(H,17,20). The monoisotopic (exact) mass is 308 g/mol. The summed E-state index contributed by atoms with van der Waals surface area (Å²) < 4.78 is 0. The minimum atomic E-state index is 0.204. The molecule has 1 N–H and O–H groups in total. The van der Waals surface area contributed by atoms with Gasteiger partial charge in [-0.2, -0.15) is 0 Å². The van der Waals surface area contributed by atoms with Crippen molar-refractivity contribution in [3.63, 3.8) is 0 Å². The van der Waals surface area contributed by atoms with Gasteiger partial charge in [0.05, 0.1) is 17.7 Å². The van der Waals surface area contributed by atoms with Crippen LogP contribution in [-0.2, 0) is 11.3 Å². The van der Waals surface area contributed by atoms with Crippen molar-refractivity contribution in [3.8, 4) is 0 Å². The Balaban J connectivity index is 1.36. The Labute approximate surface area is 130 Å². The number of aromatic nitrogens is 1. The molecule has 3 rings (SSSR count). The van der Waals surface area contributed by atoms with Crippen molar-refractivity contribution in [1.29, 1.82) is 0 Å². The van der Waals surface area contributed by atoms with Crippen LogP contribution in [0.4, 0.5) is 0 Å². The van der Waals surface area contributed by atoms with Crippen LogP contribution in [0.3, 0.4) is 0 Å². The topological polar surface area (TPSA) is 48.5 Å². The zero-order valence-electron chi connectivity index (χ0n) is 12.5. The Morgan fingerprint density at radius 3 is 2.62 bits per heavy atom. The Morgan fingerprint density at radius 2 is 1.95 bits per heavy atom. The van der Waals surface area contributed by atoms with E-state index in [0.717, 1.165) is 51.3 Å². The average molecular weight is 308 g/mol. The molecule has 2 aliphatic rings. The summed E-state index contributed by atoms with van der Waals surface area (Å²) in [6.07, 6.45) is 4.85. The number of carbonyl (C=O) groups excluding carboxylic acids is 1. The molecule has 1 aliphatic heterocycles. The van der Waals surface area contributed by atoms with Crippen molar-refractivity contribution in [3.05, 3.63) is 16.6 Å². The van der Waals surface area contributed by atoms with E-state index >= 15 is 0 Å².